The minimum Gasteiger partial charge on any atom is -0.497 e. The van der Waals surface area contributed by atoms with Crippen LogP contribution in [0.4, 0.5) is 0 Å². The fraction of sp³-hybridized carbons (Fsp3) is 0.550. The van der Waals surface area contributed by atoms with E-state index >= 15 is 0 Å². The zero-order valence-electron chi connectivity index (χ0n) is 16.5. The molecule has 1 aliphatic heterocycles. The third kappa shape index (κ3) is 5.01. The molecule has 1 aliphatic rings. The van der Waals surface area contributed by atoms with Crippen molar-refractivity contribution in [3.63, 3.8) is 0 Å². The van der Waals surface area contributed by atoms with Gasteiger partial charge in [-0.15, -0.1) is 0 Å². The highest BCUT2D eigenvalue weighted by Gasteiger charge is 2.22. The van der Waals surface area contributed by atoms with Crippen LogP contribution in [0.1, 0.15) is 30.7 Å². The Kier molecular flexibility index (Phi) is 6.86. The molecule has 1 atom stereocenters. The highest BCUT2D eigenvalue weighted by molar-refractivity contribution is 5.76. The summed E-state index contributed by atoms with van der Waals surface area (Å²) in [5.74, 6) is 1.90. The van der Waals surface area contributed by atoms with Gasteiger partial charge < -0.3 is 14.8 Å². The summed E-state index contributed by atoms with van der Waals surface area (Å²) in [6.45, 7) is 2.04. The van der Waals surface area contributed by atoms with Crippen LogP contribution in [-0.4, -0.2) is 41.1 Å². The van der Waals surface area contributed by atoms with Crippen molar-refractivity contribution in [1.82, 2.24) is 19.7 Å². The van der Waals surface area contributed by atoms with Gasteiger partial charge >= 0.3 is 5.69 Å². The molecule has 0 aliphatic carbocycles. The molecule has 2 aromatic rings. The lowest BCUT2D eigenvalue weighted by molar-refractivity contribution is -0.122. The Balaban J connectivity index is 1.49. The zero-order valence-corrected chi connectivity index (χ0v) is 16.5. The lowest BCUT2D eigenvalue weighted by atomic mass is 9.96. The van der Waals surface area contributed by atoms with Gasteiger partial charge in [-0.1, -0.05) is 12.1 Å². The van der Waals surface area contributed by atoms with Crippen molar-refractivity contribution in [1.29, 1.82) is 0 Å². The lowest BCUT2D eigenvalue weighted by Gasteiger charge is -2.13. The van der Waals surface area contributed by atoms with Crippen molar-refractivity contribution in [3.05, 3.63) is 46.1 Å². The number of carbonyl (C=O) groups excluding carboxylic acids is 1. The first-order valence-electron chi connectivity index (χ1n) is 9.65. The van der Waals surface area contributed by atoms with Crippen LogP contribution in [0.2, 0.25) is 0 Å². The second kappa shape index (κ2) is 9.54. The molecule has 1 amide bonds. The summed E-state index contributed by atoms with van der Waals surface area (Å²) in [5, 5.41) is 7.41. The predicted molar refractivity (Wildman–Crippen MR) is 104 cm³/mol. The molecule has 3 rings (SSSR count). The molecule has 1 unspecified atom stereocenters. The van der Waals surface area contributed by atoms with Gasteiger partial charge in [0.1, 0.15) is 11.6 Å². The maximum Gasteiger partial charge on any atom is 0.345 e. The molecule has 0 saturated carbocycles. The number of rotatable bonds is 8. The van der Waals surface area contributed by atoms with Gasteiger partial charge in [0.05, 0.1) is 20.3 Å². The van der Waals surface area contributed by atoms with E-state index in [1.54, 1.807) is 18.8 Å². The third-order valence-corrected chi connectivity index (χ3v) is 5.17. The van der Waals surface area contributed by atoms with Crippen LogP contribution in [0.25, 0.3) is 0 Å². The number of hydrogen-bond acceptors (Lipinski definition) is 5. The average Bonchev–Trinajstić information content (AvgIpc) is 2.87. The lowest BCUT2D eigenvalue weighted by Crippen LogP contribution is -2.28. The number of aryl methyl sites for hydroxylation is 1. The first-order chi connectivity index (χ1) is 13.6. The van der Waals surface area contributed by atoms with Crippen molar-refractivity contribution in [2.75, 3.05) is 20.8 Å². The van der Waals surface area contributed by atoms with E-state index in [2.05, 4.69) is 10.4 Å². The maximum atomic E-state index is 12.4. The van der Waals surface area contributed by atoms with Crippen LogP contribution in [0.15, 0.2) is 29.1 Å². The zero-order chi connectivity index (χ0) is 19.9. The van der Waals surface area contributed by atoms with Gasteiger partial charge in [-0.05, 0) is 36.5 Å². The number of nitrogens with one attached hydrogen (secondary N) is 1. The van der Waals surface area contributed by atoms with Gasteiger partial charge in [0.25, 0.3) is 0 Å². The van der Waals surface area contributed by atoms with E-state index in [1.807, 2.05) is 24.3 Å². The summed E-state index contributed by atoms with van der Waals surface area (Å²) in [6, 6.07) is 7.65. The average molecular weight is 388 g/mol. The minimum atomic E-state index is -0.0864. The molecule has 1 aromatic heterocycles. The summed E-state index contributed by atoms with van der Waals surface area (Å²) < 4.78 is 13.4. The third-order valence-electron chi connectivity index (χ3n) is 5.17. The number of fused-ring (bicyclic) bond motifs is 1. The molecular formula is C20H28N4O4. The molecule has 0 fully saturated rings. The molecule has 28 heavy (non-hydrogen) atoms. The SMILES string of the molecule is COCCn1nc2n(c1=O)CCC(CC(=O)NCc1ccc(OC)cc1)CC2. The highest BCUT2D eigenvalue weighted by atomic mass is 16.5. The Bertz CT molecular complexity index is 841. The van der Waals surface area contributed by atoms with Crippen LogP contribution < -0.4 is 15.7 Å². The Morgan fingerprint density at radius 1 is 1.25 bits per heavy atom. The number of ether oxygens (including phenoxy) is 2. The standard InChI is InChI=1S/C20H28N4O4/c1-27-12-11-24-20(26)23-10-9-15(5-8-18(23)22-24)13-19(25)21-14-16-3-6-17(28-2)7-4-16/h3-4,6-7,15H,5,8-14H2,1-2H3,(H,21,25). The summed E-state index contributed by atoms with van der Waals surface area (Å²) in [6.07, 6.45) is 2.85. The van der Waals surface area contributed by atoms with E-state index in [-0.39, 0.29) is 17.5 Å². The van der Waals surface area contributed by atoms with Crippen molar-refractivity contribution < 1.29 is 14.3 Å². The fourth-order valence-electron chi connectivity index (χ4n) is 3.49. The molecule has 1 aromatic carbocycles. The van der Waals surface area contributed by atoms with Crippen LogP contribution in [0.5, 0.6) is 5.75 Å². The van der Waals surface area contributed by atoms with E-state index in [1.165, 1.54) is 4.68 Å². The number of hydrogen-bond donors (Lipinski definition) is 1. The smallest absolute Gasteiger partial charge is 0.345 e. The predicted octanol–water partition coefficient (Wildman–Crippen LogP) is 1.36. The number of aromatic nitrogens is 3. The van der Waals surface area contributed by atoms with Crippen LogP contribution in [-0.2, 0) is 35.6 Å². The minimum absolute atomic E-state index is 0.0397. The van der Waals surface area contributed by atoms with Crippen LogP contribution >= 0.6 is 0 Å². The Labute approximate surface area is 164 Å². The van der Waals surface area contributed by atoms with Crippen LogP contribution in [0, 0.1) is 5.92 Å². The first kappa shape index (κ1) is 20.1. The van der Waals surface area contributed by atoms with E-state index in [0.29, 0.717) is 39.1 Å². The maximum absolute atomic E-state index is 12.4. The second-order valence-corrected chi connectivity index (χ2v) is 7.09. The summed E-state index contributed by atoms with van der Waals surface area (Å²) >= 11 is 0. The molecule has 8 nitrogen and oxygen atoms in total. The fourth-order valence-corrected chi connectivity index (χ4v) is 3.49. The number of benzene rings is 1. The van der Waals surface area contributed by atoms with E-state index < -0.39 is 0 Å². The second-order valence-electron chi connectivity index (χ2n) is 7.09. The molecule has 0 radical (unpaired) electrons. The van der Waals surface area contributed by atoms with Gasteiger partial charge in [-0.25, -0.2) is 9.48 Å². The molecule has 0 saturated heterocycles. The summed E-state index contributed by atoms with van der Waals surface area (Å²) in [4.78, 5) is 24.8. The molecular weight excluding hydrogens is 360 g/mol. The first-order valence-corrected chi connectivity index (χ1v) is 9.65. The van der Waals surface area contributed by atoms with Crippen molar-refractivity contribution >= 4 is 5.91 Å². The number of carbonyl (C=O) groups is 1. The molecule has 1 N–H and O–H groups in total. The van der Waals surface area contributed by atoms with E-state index in [0.717, 1.165) is 30.0 Å². The molecule has 0 spiro atoms. The van der Waals surface area contributed by atoms with Crippen LogP contribution in [0.3, 0.4) is 0 Å². The van der Waals surface area contributed by atoms with E-state index in [9.17, 15) is 9.59 Å². The summed E-state index contributed by atoms with van der Waals surface area (Å²) in [7, 11) is 3.24. The monoisotopic (exact) mass is 388 g/mol. The highest BCUT2D eigenvalue weighted by Crippen LogP contribution is 2.21. The van der Waals surface area contributed by atoms with Gasteiger partial charge in [-0.3, -0.25) is 9.36 Å². The van der Waals surface area contributed by atoms with Gasteiger partial charge in [0, 0.05) is 33.0 Å². The number of methoxy groups -OCH3 is 2. The Morgan fingerprint density at radius 3 is 2.75 bits per heavy atom. The Morgan fingerprint density at radius 2 is 2.04 bits per heavy atom. The number of nitrogens with zero attached hydrogens (tertiary/aromatic N) is 3. The number of amides is 1. The molecule has 0 bridgehead atoms. The van der Waals surface area contributed by atoms with Crippen molar-refractivity contribution in [2.45, 2.75) is 45.3 Å². The molecule has 2 heterocycles. The van der Waals surface area contributed by atoms with Gasteiger partial charge in [0.2, 0.25) is 5.91 Å². The van der Waals surface area contributed by atoms with Gasteiger partial charge in [-0.2, -0.15) is 5.10 Å². The largest absolute Gasteiger partial charge is 0.497 e. The normalized spacial score (nSPS) is 16.3. The quantitative estimate of drug-likeness (QED) is 0.738. The Hall–Kier alpha value is -2.61. The topological polar surface area (TPSA) is 87.4 Å². The van der Waals surface area contributed by atoms with Crippen molar-refractivity contribution in [2.24, 2.45) is 5.92 Å². The van der Waals surface area contributed by atoms with Crippen molar-refractivity contribution in [3.8, 4) is 5.75 Å². The molecule has 8 heteroatoms. The summed E-state index contributed by atoms with van der Waals surface area (Å²) in [5.41, 5.74) is 0.948. The van der Waals surface area contributed by atoms with Gasteiger partial charge in [0.15, 0.2) is 0 Å². The molecule has 152 valence electrons. The van der Waals surface area contributed by atoms with E-state index in [4.69, 9.17) is 9.47 Å².